The number of hydrogen-bond donors (Lipinski definition) is 2. The van der Waals surface area contributed by atoms with Gasteiger partial charge in [-0.25, -0.2) is 0 Å². The van der Waals surface area contributed by atoms with Gasteiger partial charge in [0.1, 0.15) is 0 Å². The van der Waals surface area contributed by atoms with Crippen molar-refractivity contribution in [2.24, 2.45) is 0 Å². The van der Waals surface area contributed by atoms with Crippen molar-refractivity contribution in [2.45, 2.75) is 25.3 Å². The maximum Gasteiger partial charge on any atom is 0.252 e. The third-order valence-corrected chi connectivity index (χ3v) is 4.51. The molecule has 22 heavy (non-hydrogen) atoms. The van der Waals surface area contributed by atoms with Crippen LogP contribution in [0.3, 0.4) is 0 Å². The van der Waals surface area contributed by atoms with E-state index in [1.165, 1.54) is 11.1 Å². The number of hydrogen-bond acceptors (Lipinski definition) is 1. The van der Waals surface area contributed by atoms with Crippen molar-refractivity contribution in [1.29, 1.82) is 0 Å². The molecule has 0 spiro atoms. The molecule has 1 aliphatic carbocycles. The van der Waals surface area contributed by atoms with E-state index >= 15 is 0 Å². The van der Waals surface area contributed by atoms with Crippen LogP contribution in [0.2, 0.25) is 0 Å². The topological polar surface area (TPSA) is 44.9 Å². The highest BCUT2D eigenvalue weighted by Crippen LogP contribution is 2.30. The molecule has 1 heterocycles. The summed E-state index contributed by atoms with van der Waals surface area (Å²) in [6.45, 7) is 0. The van der Waals surface area contributed by atoms with Gasteiger partial charge in [-0.05, 0) is 48.6 Å². The lowest BCUT2D eigenvalue weighted by molar-refractivity contribution is 0.0934. The van der Waals surface area contributed by atoms with E-state index in [0.717, 1.165) is 35.7 Å². The number of amides is 1. The predicted octanol–water partition coefficient (Wildman–Crippen LogP) is 3.98. The Hall–Kier alpha value is -2.55. The molecule has 2 aromatic carbocycles. The van der Waals surface area contributed by atoms with Gasteiger partial charge in [-0.1, -0.05) is 30.3 Å². The van der Waals surface area contributed by atoms with Crippen LogP contribution in [-0.4, -0.2) is 10.9 Å². The molecule has 3 aromatic rings. The number of rotatable bonds is 2. The highest BCUT2D eigenvalue weighted by atomic mass is 16.1. The second kappa shape index (κ2) is 5.34. The first-order valence-electron chi connectivity index (χ1n) is 7.78. The minimum atomic E-state index is 0.00639. The second-order valence-electron chi connectivity index (χ2n) is 5.86. The maximum absolute atomic E-state index is 12.7. The highest BCUT2D eigenvalue weighted by molar-refractivity contribution is 6.06. The summed E-state index contributed by atoms with van der Waals surface area (Å²) >= 11 is 0. The van der Waals surface area contributed by atoms with Crippen molar-refractivity contribution in [1.82, 2.24) is 10.3 Å². The minimum Gasteiger partial charge on any atom is -0.361 e. The molecular weight excluding hydrogens is 272 g/mol. The Bertz CT molecular complexity index is 834. The summed E-state index contributed by atoms with van der Waals surface area (Å²) in [7, 11) is 0. The number of benzene rings is 2. The number of H-pyrrole nitrogens is 1. The number of carbonyl (C=O) groups is 1. The lowest BCUT2D eigenvalue weighted by Crippen LogP contribution is -2.31. The van der Waals surface area contributed by atoms with Gasteiger partial charge in [0, 0.05) is 22.7 Å². The van der Waals surface area contributed by atoms with Gasteiger partial charge in [0.15, 0.2) is 0 Å². The van der Waals surface area contributed by atoms with Gasteiger partial charge in [0.05, 0.1) is 6.04 Å². The Morgan fingerprint density at radius 2 is 2.00 bits per heavy atom. The van der Waals surface area contributed by atoms with E-state index < -0.39 is 0 Å². The van der Waals surface area contributed by atoms with E-state index in [1.807, 2.05) is 30.5 Å². The molecular formula is C19H18N2O. The number of aromatic amines is 1. The van der Waals surface area contributed by atoms with Crippen LogP contribution >= 0.6 is 0 Å². The summed E-state index contributed by atoms with van der Waals surface area (Å²) in [5.74, 6) is 0.00639. The quantitative estimate of drug-likeness (QED) is 0.737. The molecule has 3 heteroatoms. The average molecular weight is 290 g/mol. The molecule has 110 valence electrons. The first kappa shape index (κ1) is 13.1. The molecule has 3 nitrogen and oxygen atoms in total. The summed E-state index contributed by atoms with van der Waals surface area (Å²) < 4.78 is 0. The van der Waals surface area contributed by atoms with Gasteiger partial charge >= 0.3 is 0 Å². The fourth-order valence-corrected chi connectivity index (χ4v) is 3.42. The molecule has 1 amide bonds. The zero-order valence-corrected chi connectivity index (χ0v) is 12.3. The van der Waals surface area contributed by atoms with Gasteiger partial charge < -0.3 is 10.3 Å². The molecule has 0 saturated carbocycles. The van der Waals surface area contributed by atoms with Crippen LogP contribution < -0.4 is 5.32 Å². The summed E-state index contributed by atoms with van der Waals surface area (Å²) in [6.07, 6.45) is 5.11. The van der Waals surface area contributed by atoms with Crippen LogP contribution in [0.5, 0.6) is 0 Å². The molecule has 1 aromatic heterocycles. The van der Waals surface area contributed by atoms with E-state index in [4.69, 9.17) is 0 Å². The first-order valence-corrected chi connectivity index (χ1v) is 7.78. The van der Waals surface area contributed by atoms with Crippen molar-refractivity contribution in [3.63, 3.8) is 0 Å². The first-order chi connectivity index (χ1) is 10.8. The van der Waals surface area contributed by atoms with Crippen molar-refractivity contribution in [3.8, 4) is 0 Å². The predicted molar refractivity (Wildman–Crippen MR) is 87.9 cm³/mol. The normalized spacial score (nSPS) is 17.2. The fraction of sp³-hybridized carbons (Fsp3) is 0.211. The summed E-state index contributed by atoms with van der Waals surface area (Å²) in [6, 6.07) is 16.3. The third-order valence-electron chi connectivity index (χ3n) is 4.51. The molecule has 0 bridgehead atoms. The summed E-state index contributed by atoms with van der Waals surface area (Å²) in [5, 5.41) is 4.20. The Labute approximate surface area is 129 Å². The zero-order chi connectivity index (χ0) is 14.9. The van der Waals surface area contributed by atoms with Gasteiger partial charge in [0.2, 0.25) is 0 Å². The number of fused-ring (bicyclic) bond motifs is 2. The highest BCUT2D eigenvalue weighted by Gasteiger charge is 2.22. The molecule has 0 aliphatic heterocycles. The Morgan fingerprint density at radius 3 is 2.95 bits per heavy atom. The molecule has 4 rings (SSSR count). The Kier molecular flexibility index (Phi) is 3.19. The number of aromatic nitrogens is 1. The lowest BCUT2D eigenvalue weighted by atomic mass is 9.87. The van der Waals surface area contributed by atoms with Gasteiger partial charge in [-0.3, -0.25) is 4.79 Å². The molecule has 1 atom stereocenters. The fourth-order valence-electron chi connectivity index (χ4n) is 3.42. The van der Waals surface area contributed by atoms with E-state index in [9.17, 15) is 4.79 Å². The van der Waals surface area contributed by atoms with E-state index in [0.29, 0.717) is 0 Å². The van der Waals surface area contributed by atoms with E-state index in [2.05, 4.69) is 34.6 Å². The van der Waals surface area contributed by atoms with Crippen LogP contribution in [0.4, 0.5) is 0 Å². The third kappa shape index (κ3) is 2.19. The van der Waals surface area contributed by atoms with Crippen LogP contribution in [0.25, 0.3) is 10.9 Å². The maximum atomic E-state index is 12.7. The van der Waals surface area contributed by atoms with Crippen molar-refractivity contribution in [3.05, 3.63) is 71.4 Å². The molecule has 0 fully saturated rings. The standard InChI is InChI=1S/C19H18N2O/c22-19(16-8-4-9-17-15(16)11-12-20-17)21-18-10-3-6-13-5-1-2-7-14(13)18/h1-2,4-5,7-9,11-12,18,20H,3,6,10H2,(H,21,22)/t18-/m0/s1. The van der Waals surface area contributed by atoms with Crippen molar-refractivity contribution in [2.75, 3.05) is 0 Å². The zero-order valence-electron chi connectivity index (χ0n) is 12.3. The monoisotopic (exact) mass is 290 g/mol. The van der Waals surface area contributed by atoms with Gasteiger partial charge in [-0.2, -0.15) is 0 Å². The smallest absolute Gasteiger partial charge is 0.252 e. The van der Waals surface area contributed by atoms with E-state index in [-0.39, 0.29) is 11.9 Å². The number of aryl methyl sites for hydroxylation is 1. The summed E-state index contributed by atoms with van der Waals surface area (Å²) in [4.78, 5) is 15.9. The van der Waals surface area contributed by atoms with Crippen LogP contribution in [0.15, 0.2) is 54.7 Å². The SMILES string of the molecule is O=C(N[C@H]1CCCc2ccccc21)c1cccc2[nH]ccc12. The molecule has 2 N–H and O–H groups in total. The largest absolute Gasteiger partial charge is 0.361 e. The average Bonchev–Trinajstić information content (AvgIpc) is 3.03. The molecule has 0 radical (unpaired) electrons. The van der Waals surface area contributed by atoms with Gasteiger partial charge in [-0.15, -0.1) is 0 Å². The Morgan fingerprint density at radius 1 is 1.09 bits per heavy atom. The van der Waals surface area contributed by atoms with E-state index in [1.54, 1.807) is 0 Å². The Balaban J connectivity index is 1.64. The second-order valence-corrected chi connectivity index (χ2v) is 5.86. The van der Waals surface area contributed by atoms with Crippen LogP contribution in [-0.2, 0) is 6.42 Å². The number of carbonyl (C=O) groups excluding carboxylic acids is 1. The lowest BCUT2D eigenvalue weighted by Gasteiger charge is -2.26. The molecule has 1 aliphatic rings. The minimum absolute atomic E-state index is 0.00639. The summed E-state index contributed by atoms with van der Waals surface area (Å²) in [5.41, 5.74) is 4.36. The molecule has 0 unspecified atom stereocenters. The van der Waals surface area contributed by atoms with Crippen LogP contribution in [0, 0.1) is 0 Å². The van der Waals surface area contributed by atoms with Crippen LogP contribution in [0.1, 0.15) is 40.4 Å². The number of nitrogens with one attached hydrogen (secondary N) is 2. The van der Waals surface area contributed by atoms with Crippen molar-refractivity contribution >= 4 is 16.8 Å². The van der Waals surface area contributed by atoms with Crippen molar-refractivity contribution < 1.29 is 4.79 Å². The van der Waals surface area contributed by atoms with Gasteiger partial charge in [0.25, 0.3) is 5.91 Å². The molecule has 0 saturated heterocycles.